The van der Waals surface area contributed by atoms with Gasteiger partial charge in [0.15, 0.2) is 11.7 Å². The monoisotopic (exact) mass is 399 g/mol. The summed E-state index contributed by atoms with van der Waals surface area (Å²) in [5, 5.41) is 4.12. The van der Waals surface area contributed by atoms with Crippen molar-refractivity contribution in [1.82, 2.24) is 9.88 Å². The number of ether oxygens (including phenoxy) is 1. The Kier molecular flexibility index (Phi) is 5.46. The molecule has 2 heterocycles. The lowest BCUT2D eigenvalue weighted by atomic mass is 10.2. The van der Waals surface area contributed by atoms with Gasteiger partial charge in [-0.3, -0.25) is 9.59 Å². The molecule has 25 heavy (non-hydrogen) atoms. The molecule has 0 bridgehead atoms. The fourth-order valence-corrected chi connectivity index (χ4v) is 3.97. The predicted octanol–water partition coefficient (Wildman–Crippen LogP) is 3.37. The molecule has 0 saturated carbocycles. The number of carbonyl (C=O) groups is 2. The molecule has 3 rings (SSSR count). The van der Waals surface area contributed by atoms with Crippen molar-refractivity contribution < 1.29 is 14.3 Å². The van der Waals surface area contributed by atoms with Gasteiger partial charge in [-0.25, -0.2) is 4.98 Å². The van der Waals surface area contributed by atoms with Gasteiger partial charge in [-0.1, -0.05) is 34.5 Å². The number of benzene rings is 1. The molecule has 1 N–H and O–H groups in total. The van der Waals surface area contributed by atoms with E-state index in [0.717, 1.165) is 10.6 Å². The zero-order chi connectivity index (χ0) is 18.0. The molecule has 0 saturated heterocycles. The van der Waals surface area contributed by atoms with Gasteiger partial charge in [0, 0.05) is 29.8 Å². The zero-order valence-electron chi connectivity index (χ0n) is 13.3. The number of nitrogens with zero attached hydrogens (tertiary/aromatic N) is 2. The standard InChI is InChI=1S/C16H15Cl2N3O3S/c1-9(22)19-16-20-12-4-5-21(7-14(12)25-16)15(23)8-24-13-3-2-10(17)6-11(13)18/h2-3,6H,4-5,7-8H2,1H3,(H,19,20,22). The summed E-state index contributed by atoms with van der Waals surface area (Å²) in [5.41, 5.74) is 0.930. The zero-order valence-corrected chi connectivity index (χ0v) is 15.7. The highest BCUT2D eigenvalue weighted by atomic mass is 35.5. The van der Waals surface area contributed by atoms with Crippen molar-refractivity contribution >= 4 is 51.5 Å². The number of anilines is 1. The van der Waals surface area contributed by atoms with Gasteiger partial charge in [-0.15, -0.1) is 0 Å². The van der Waals surface area contributed by atoms with Crippen LogP contribution in [-0.2, 0) is 22.6 Å². The van der Waals surface area contributed by atoms with Crippen LogP contribution in [-0.4, -0.2) is 34.8 Å². The molecule has 0 spiro atoms. The Balaban J connectivity index is 1.60. The third-order valence-electron chi connectivity index (χ3n) is 3.61. The number of rotatable bonds is 4. The van der Waals surface area contributed by atoms with E-state index in [1.165, 1.54) is 18.3 Å². The summed E-state index contributed by atoms with van der Waals surface area (Å²) in [7, 11) is 0. The topological polar surface area (TPSA) is 71.5 Å². The van der Waals surface area contributed by atoms with Crippen molar-refractivity contribution in [3.63, 3.8) is 0 Å². The first-order valence-electron chi connectivity index (χ1n) is 7.54. The maximum absolute atomic E-state index is 12.4. The summed E-state index contributed by atoms with van der Waals surface area (Å²) >= 11 is 13.3. The molecule has 2 amide bonds. The Morgan fingerprint density at radius 2 is 2.20 bits per heavy atom. The summed E-state index contributed by atoms with van der Waals surface area (Å²) in [5.74, 6) is 0.126. The molecule has 132 valence electrons. The predicted molar refractivity (Wildman–Crippen MR) is 97.5 cm³/mol. The Hall–Kier alpha value is -1.83. The smallest absolute Gasteiger partial charge is 0.260 e. The van der Waals surface area contributed by atoms with E-state index in [4.69, 9.17) is 27.9 Å². The third kappa shape index (κ3) is 4.42. The van der Waals surface area contributed by atoms with Gasteiger partial charge >= 0.3 is 0 Å². The number of halogens is 2. The van der Waals surface area contributed by atoms with E-state index in [1.54, 1.807) is 23.1 Å². The Bertz CT molecular complexity index is 825. The highest BCUT2D eigenvalue weighted by Gasteiger charge is 2.24. The molecule has 6 nitrogen and oxygen atoms in total. The van der Waals surface area contributed by atoms with Gasteiger partial charge in [0.1, 0.15) is 5.75 Å². The van der Waals surface area contributed by atoms with Crippen molar-refractivity contribution in [2.75, 3.05) is 18.5 Å². The van der Waals surface area contributed by atoms with E-state index in [1.807, 2.05) is 0 Å². The number of thiazole rings is 1. The molecule has 0 unspecified atom stereocenters. The Morgan fingerprint density at radius 1 is 1.40 bits per heavy atom. The van der Waals surface area contributed by atoms with Crippen LogP contribution in [0.25, 0.3) is 0 Å². The normalized spacial score (nSPS) is 13.3. The molecule has 0 fully saturated rings. The van der Waals surface area contributed by atoms with E-state index in [-0.39, 0.29) is 18.4 Å². The highest BCUT2D eigenvalue weighted by Crippen LogP contribution is 2.29. The minimum absolute atomic E-state index is 0.103. The van der Waals surface area contributed by atoms with Gasteiger partial charge in [0.05, 0.1) is 17.3 Å². The molecular weight excluding hydrogens is 385 g/mol. The second kappa shape index (κ2) is 7.59. The quantitative estimate of drug-likeness (QED) is 0.854. The number of hydrogen-bond donors (Lipinski definition) is 1. The summed E-state index contributed by atoms with van der Waals surface area (Å²) in [6.07, 6.45) is 0.652. The fourth-order valence-electron chi connectivity index (χ4n) is 2.44. The van der Waals surface area contributed by atoms with Crippen LogP contribution < -0.4 is 10.1 Å². The maximum Gasteiger partial charge on any atom is 0.260 e. The summed E-state index contributed by atoms with van der Waals surface area (Å²) in [6, 6.07) is 4.85. The number of aromatic nitrogens is 1. The summed E-state index contributed by atoms with van der Waals surface area (Å²) < 4.78 is 5.50. The SMILES string of the molecule is CC(=O)Nc1nc2c(s1)CN(C(=O)COc1ccc(Cl)cc1Cl)CC2. The Labute approximate surface area is 158 Å². The van der Waals surface area contributed by atoms with Crippen molar-refractivity contribution in [2.24, 2.45) is 0 Å². The first-order chi connectivity index (χ1) is 11.9. The van der Waals surface area contributed by atoms with Gasteiger partial charge in [0.2, 0.25) is 5.91 Å². The van der Waals surface area contributed by atoms with Crippen molar-refractivity contribution in [1.29, 1.82) is 0 Å². The molecule has 1 aromatic carbocycles. The van der Waals surface area contributed by atoms with E-state index in [2.05, 4.69) is 10.3 Å². The molecule has 1 aliphatic rings. The maximum atomic E-state index is 12.4. The minimum atomic E-state index is -0.160. The lowest BCUT2D eigenvalue weighted by molar-refractivity contribution is -0.134. The average molecular weight is 400 g/mol. The summed E-state index contributed by atoms with van der Waals surface area (Å²) in [6.45, 7) is 2.36. The first-order valence-corrected chi connectivity index (χ1v) is 9.11. The van der Waals surface area contributed by atoms with Crippen LogP contribution in [0.4, 0.5) is 5.13 Å². The van der Waals surface area contributed by atoms with Gasteiger partial charge in [-0.2, -0.15) is 0 Å². The van der Waals surface area contributed by atoms with Crippen LogP contribution in [0, 0.1) is 0 Å². The van der Waals surface area contributed by atoms with Crippen LogP contribution in [0.5, 0.6) is 5.75 Å². The van der Waals surface area contributed by atoms with Crippen molar-refractivity contribution in [2.45, 2.75) is 19.9 Å². The number of carbonyl (C=O) groups excluding carboxylic acids is 2. The van der Waals surface area contributed by atoms with Crippen molar-refractivity contribution in [3.05, 3.63) is 38.8 Å². The number of nitrogens with one attached hydrogen (secondary N) is 1. The molecule has 0 radical (unpaired) electrons. The second-order valence-corrected chi connectivity index (χ2v) is 7.43. The number of amides is 2. The van der Waals surface area contributed by atoms with E-state index < -0.39 is 0 Å². The van der Waals surface area contributed by atoms with Gasteiger partial charge < -0.3 is 15.0 Å². The number of hydrogen-bond acceptors (Lipinski definition) is 5. The largest absolute Gasteiger partial charge is 0.482 e. The van der Waals surface area contributed by atoms with Crippen LogP contribution in [0.3, 0.4) is 0 Å². The van der Waals surface area contributed by atoms with E-state index in [9.17, 15) is 9.59 Å². The fraction of sp³-hybridized carbons (Fsp3) is 0.312. The molecule has 2 aromatic rings. The lowest BCUT2D eigenvalue weighted by Gasteiger charge is -2.26. The molecule has 1 aromatic heterocycles. The van der Waals surface area contributed by atoms with Crippen molar-refractivity contribution in [3.8, 4) is 5.75 Å². The van der Waals surface area contributed by atoms with Gasteiger partial charge in [-0.05, 0) is 18.2 Å². The Morgan fingerprint density at radius 3 is 2.92 bits per heavy atom. The minimum Gasteiger partial charge on any atom is -0.482 e. The van der Waals surface area contributed by atoms with Crippen LogP contribution in [0.2, 0.25) is 10.0 Å². The summed E-state index contributed by atoms with van der Waals surface area (Å²) in [4.78, 5) is 30.6. The van der Waals surface area contributed by atoms with E-state index >= 15 is 0 Å². The van der Waals surface area contributed by atoms with Crippen LogP contribution in [0.15, 0.2) is 18.2 Å². The molecule has 0 atom stereocenters. The highest BCUT2D eigenvalue weighted by molar-refractivity contribution is 7.15. The van der Waals surface area contributed by atoms with Crippen LogP contribution in [0.1, 0.15) is 17.5 Å². The third-order valence-corrected chi connectivity index (χ3v) is 5.14. The molecular formula is C16H15Cl2N3O3S. The van der Waals surface area contributed by atoms with E-state index in [0.29, 0.717) is 40.4 Å². The average Bonchev–Trinajstić information content (AvgIpc) is 2.94. The first kappa shape index (κ1) is 18.0. The molecule has 0 aliphatic carbocycles. The molecule has 1 aliphatic heterocycles. The second-order valence-electron chi connectivity index (χ2n) is 5.50. The van der Waals surface area contributed by atoms with Crippen LogP contribution >= 0.6 is 34.5 Å². The molecule has 9 heteroatoms. The van der Waals surface area contributed by atoms with Gasteiger partial charge in [0.25, 0.3) is 5.91 Å². The lowest BCUT2D eigenvalue weighted by Crippen LogP contribution is -2.38. The number of fused-ring (bicyclic) bond motifs is 1.